The molecule has 1 unspecified atom stereocenters. The third kappa shape index (κ3) is 3.00. The van der Waals surface area contributed by atoms with Gasteiger partial charge in [-0.1, -0.05) is 13.8 Å². The zero-order valence-electron chi connectivity index (χ0n) is 10.9. The van der Waals surface area contributed by atoms with Gasteiger partial charge in [0.15, 0.2) is 5.82 Å². The van der Waals surface area contributed by atoms with Crippen molar-refractivity contribution in [1.29, 1.82) is 0 Å². The van der Waals surface area contributed by atoms with Crippen LogP contribution in [0.1, 0.15) is 33.1 Å². The Labute approximate surface area is 110 Å². The smallest absolute Gasteiger partial charge is 0.298 e. The molecule has 1 aromatic carbocycles. The third-order valence-electron chi connectivity index (χ3n) is 3.55. The van der Waals surface area contributed by atoms with Gasteiger partial charge in [0.05, 0.1) is 11.0 Å². The van der Waals surface area contributed by atoms with E-state index < -0.39 is 22.2 Å². The van der Waals surface area contributed by atoms with E-state index in [1.165, 1.54) is 0 Å². The van der Waals surface area contributed by atoms with Gasteiger partial charge in [0, 0.05) is 12.1 Å². The predicted molar refractivity (Wildman–Crippen MR) is 68.1 cm³/mol. The van der Waals surface area contributed by atoms with Crippen molar-refractivity contribution in [3.63, 3.8) is 0 Å². The first-order valence-electron chi connectivity index (χ1n) is 6.18. The highest BCUT2D eigenvalue weighted by Crippen LogP contribution is 2.40. The molecule has 0 radical (unpaired) electrons. The van der Waals surface area contributed by atoms with E-state index in [1.807, 2.05) is 0 Å². The maximum Gasteiger partial charge on any atom is 0.298 e. The molecule has 104 valence electrons. The molecule has 4 nitrogen and oxygen atoms in total. The second kappa shape index (κ2) is 4.75. The highest BCUT2D eigenvalue weighted by Gasteiger charge is 2.32. The second-order valence-corrected chi connectivity index (χ2v) is 5.79. The minimum Gasteiger partial charge on any atom is -0.374 e. The Bertz CT molecular complexity index is 518. The average molecular weight is 270 g/mol. The van der Waals surface area contributed by atoms with Crippen molar-refractivity contribution in [3.8, 4) is 0 Å². The molecule has 1 aromatic rings. The maximum atomic E-state index is 13.7. The van der Waals surface area contributed by atoms with Crippen LogP contribution in [0.15, 0.2) is 12.1 Å². The molecule has 1 aliphatic rings. The van der Waals surface area contributed by atoms with E-state index in [9.17, 15) is 18.9 Å². The van der Waals surface area contributed by atoms with Crippen LogP contribution in [0.3, 0.4) is 0 Å². The Morgan fingerprint density at radius 2 is 2.11 bits per heavy atom. The summed E-state index contributed by atoms with van der Waals surface area (Å²) in [7, 11) is 0. The van der Waals surface area contributed by atoms with Crippen LogP contribution in [0.2, 0.25) is 0 Å². The summed E-state index contributed by atoms with van der Waals surface area (Å²) >= 11 is 0. The lowest BCUT2D eigenvalue weighted by Crippen LogP contribution is -2.19. The minimum absolute atomic E-state index is 0.0198. The van der Waals surface area contributed by atoms with Gasteiger partial charge in [-0.15, -0.1) is 0 Å². The fraction of sp³-hybridized carbons (Fsp3) is 0.538. The van der Waals surface area contributed by atoms with Crippen molar-refractivity contribution >= 4 is 11.4 Å². The summed E-state index contributed by atoms with van der Waals surface area (Å²) in [6.07, 6.45) is 2.60. The molecule has 19 heavy (non-hydrogen) atoms. The monoisotopic (exact) mass is 270 g/mol. The molecule has 0 bridgehead atoms. The standard InChI is InChI=1S/C13H16F2N2O2/c1-13(2)4-3-9(7-13)16-12-10(15)5-8(14)6-11(12)17(18)19/h5-6,9,16H,3-4,7H2,1-2H3. The van der Waals surface area contributed by atoms with E-state index in [2.05, 4.69) is 19.2 Å². The van der Waals surface area contributed by atoms with Gasteiger partial charge in [-0.05, 0) is 24.7 Å². The van der Waals surface area contributed by atoms with Crippen molar-refractivity contribution < 1.29 is 13.7 Å². The van der Waals surface area contributed by atoms with Gasteiger partial charge in [-0.2, -0.15) is 0 Å². The summed E-state index contributed by atoms with van der Waals surface area (Å²) in [6.45, 7) is 4.20. The number of nitrogens with zero attached hydrogens (tertiary/aromatic N) is 1. The molecule has 0 aromatic heterocycles. The van der Waals surface area contributed by atoms with E-state index >= 15 is 0 Å². The van der Waals surface area contributed by atoms with Crippen LogP contribution in [0.5, 0.6) is 0 Å². The summed E-state index contributed by atoms with van der Waals surface area (Å²) in [5.41, 5.74) is -0.625. The lowest BCUT2D eigenvalue weighted by Gasteiger charge is -2.18. The van der Waals surface area contributed by atoms with Gasteiger partial charge >= 0.3 is 0 Å². The second-order valence-electron chi connectivity index (χ2n) is 5.79. The molecule has 0 aliphatic heterocycles. The zero-order chi connectivity index (χ0) is 14.2. The highest BCUT2D eigenvalue weighted by atomic mass is 19.1. The van der Waals surface area contributed by atoms with E-state index in [0.717, 1.165) is 25.3 Å². The Hall–Kier alpha value is -1.72. The quantitative estimate of drug-likeness (QED) is 0.670. The first kappa shape index (κ1) is 13.7. The van der Waals surface area contributed by atoms with Crippen molar-refractivity contribution in [1.82, 2.24) is 0 Å². The van der Waals surface area contributed by atoms with Gasteiger partial charge < -0.3 is 5.32 Å². The molecular formula is C13H16F2N2O2. The average Bonchev–Trinajstić information content (AvgIpc) is 2.61. The van der Waals surface area contributed by atoms with Crippen molar-refractivity contribution in [3.05, 3.63) is 33.9 Å². The van der Waals surface area contributed by atoms with Crippen LogP contribution >= 0.6 is 0 Å². The summed E-state index contributed by atoms with van der Waals surface area (Å²) in [5.74, 6) is -1.86. The van der Waals surface area contributed by atoms with Crippen LogP contribution in [0.4, 0.5) is 20.2 Å². The zero-order valence-corrected chi connectivity index (χ0v) is 10.9. The number of anilines is 1. The van der Waals surface area contributed by atoms with Crippen molar-refractivity contribution in [2.24, 2.45) is 5.41 Å². The molecule has 0 amide bonds. The van der Waals surface area contributed by atoms with Gasteiger partial charge in [-0.25, -0.2) is 8.78 Å². The normalized spacial score (nSPS) is 21.4. The van der Waals surface area contributed by atoms with E-state index in [0.29, 0.717) is 6.07 Å². The summed E-state index contributed by atoms with van der Waals surface area (Å²) < 4.78 is 26.7. The molecule has 2 rings (SSSR count). The number of nitro groups is 1. The summed E-state index contributed by atoms with van der Waals surface area (Å²) in [5, 5.41) is 13.7. The number of nitro benzene ring substituents is 1. The number of rotatable bonds is 3. The molecule has 1 aliphatic carbocycles. The summed E-state index contributed by atoms with van der Waals surface area (Å²) in [4.78, 5) is 10.1. The van der Waals surface area contributed by atoms with Gasteiger partial charge in [0.1, 0.15) is 11.5 Å². The molecular weight excluding hydrogens is 254 g/mol. The molecule has 1 fully saturated rings. The van der Waals surface area contributed by atoms with E-state index in [1.54, 1.807) is 0 Å². The summed E-state index contributed by atoms with van der Waals surface area (Å²) in [6, 6.07) is 1.38. The van der Waals surface area contributed by atoms with Crippen LogP contribution in [-0.4, -0.2) is 11.0 Å². The number of hydrogen-bond acceptors (Lipinski definition) is 3. The van der Waals surface area contributed by atoms with Crippen molar-refractivity contribution in [2.75, 3.05) is 5.32 Å². The lowest BCUT2D eigenvalue weighted by molar-refractivity contribution is -0.384. The molecule has 6 heteroatoms. The first-order valence-corrected chi connectivity index (χ1v) is 6.18. The topological polar surface area (TPSA) is 55.2 Å². The first-order chi connectivity index (χ1) is 8.78. The molecule has 0 spiro atoms. The minimum atomic E-state index is -0.943. The largest absolute Gasteiger partial charge is 0.374 e. The van der Waals surface area contributed by atoms with E-state index in [-0.39, 0.29) is 17.1 Å². The van der Waals surface area contributed by atoms with Crippen LogP contribution in [0.25, 0.3) is 0 Å². The van der Waals surface area contributed by atoms with Gasteiger partial charge in [0.2, 0.25) is 0 Å². The Morgan fingerprint density at radius 3 is 2.63 bits per heavy atom. The number of nitrogens with one attached hydrogen (secondary N) is 1. The number of benzene rings is 1. The van der Waals surface area contributed by atoms with Crippen LogP contribution < -0.4 is 5.32 Å². The Balaban J connectivity index is 2.27. The van der Waals surface area contributed by atoms with E-state index in [4.69, 9.17) is 0 Å². The molecule has 1 N–H and O–H groups in total. The predicted octanol–water partition coefficient (Wildman–Crippen LogP) is 3.86. The fourth-order valence-electron chi connectivity index (χ4n) is 2.61. The fourth-order valence-corrected chi connectivity index (χ4v) is 2.61. The lowest BCUT2D eigenvalue weighted by atomic mass is 9.92. The molecule has 0 saturated heterocycles. The maximum absolute atomic E-state index is 13.7. The van der Waals surface area contributed by atoms with Crippen LogP contribution in [0, 0.1) is 27.2 Å². The number of hydrogen-bond donors (Lipinski definition) is 1. The Morgan fingerprint density at radius 1 is 1.42 bits per heavy atom. The van der Waals surface area contributed by atoms with Crippen molar-refractivity contribution in [2.45, 2.75) is 39.2 Å². The molecule has 1 saturated carbocycles. The Kier molecular flexibility index (Phi) is 3.43. The highest BCUT2D eigenvalue weighted by molar-refractivity contribution is 5.63. The van der Waals surface area contributed by atoms with Gasteiger partial charge in [-0.3, -0.25) is 10.1 Å². The third-order valence-corrected chi connectivity index (χ3v) is 3.55. The SMILES string of the molecule is CC1(C)CCC(Nc2c(F)cc(F)cc2[N+](=O)[O-])C1. The molecule has 0 heterocycles. The van der Waals surface area contributed by atoms with Gasteiger partial charge in [0.25, 0.3) is 5.69 Å². The van der Waals surface area contributed by atoms with Crippen LogP contribution in [-0.2, 0) is 0 Å². The number of halogens is 2. The molecule has 1 atom stereocenters.